The number of carboxylic acid groups (broad SMARTS) is 1. The Labute approximate surface area is 238 Å². The molecule has 43 heavy (non-hydrogen) atoms. The van der Waals surface area contributed by atoms with Crippen molar-refractivity contribution in [3.05, 3.63) is 65.9 Å². The minimum Gasteiger partial charge on any atom is -0.475 e. The topological polar surface area (TPSA) is 163 Å². The second-order valence-electron chi connectivity index (χ2n) is 9.83. The van der Waals surface area contributed by atoms with E-state index in [4.69, 9.17) is 9.63 Å². The first-order chi connectivity index (χ1) is 20.5. The number of halogens is 4. The molecular weight excluding hydrogens is 580 g/mol. The molecule has 0 spiro atoms. The molecule has 6 rings (SSSR count). The summed E-state index contributed by atoms with van der Waals surface area (Å²) in [4.78, 5) is 28.4. The Balaban J connectivity index is 1.18. The number of hydrogen-bond acceptors (Lipinski definition) is 9. The molecule has 17 heteroatoms. The summed E-state index contributed by atoms with van der Waals surface area (Å²) in [6, 6.07) is 3.95. The van der Waals surface area contributed by atoms with Crippen LogP contribution in [0.3, 0.4) is 0 Å². The van der Waals surface area contributed by atoms with Gasteiger partial charge in [0.1, 0.15) is 5.69 Å². The molecule has 1 amide bonds. The van der Waals surface area contributed by atoms with Crippen molar-refractivity contribution in [3.63, 3.8) is 0 Å². The van der Waals surface area contributed by atoms with E-state index >= 15 is 0 Å². The van der Waals surface area contributed by atoms with Crippen molar-refractivity contribution in [1.29, 1.82) is 0 Å². The lowest BCUT2D eigenvalue weighted by Crippen LogP contribution is -2.33. The first-order valence-corrected chi connectivity index (χ1v) is 12.7. The van der Waals surface area contributed by atoms with Gasteiger partial charge in [-0.2, -0.15) is 32.3 Å². The number of aryl methyl sites for hydroxylation is 1. The molecule has 0 bridgehead atoms. The zero-order chi connectivity index (χ0) is 30.5. The molecule has 2 N–H and O–H groups in total. The highest BCUT2D eigenvalue weighted by molar-refractivity contribution is 6.09. The van der Waals surface area contributed by atoms with Crippen LogP contribution in [0.5, 0.6) is 0 Å². The van der Waals surface area contributed by atoms with Gasteiger partial charge in [0.05, 0.1) is 29.6 Å². The number of nitrogens with zero attached hydrogens (tertiary/aromatic N) is 7. The third-order valence-electron chi connectivity index (χ3n) is 7.02. The molecule has 0 atom stereocenters. The number of nitrogens with one attached hydrogen (secondary N) is 1. The third kappa shape index (κ3) is 5.29. The number of carbonyl (C=O) groups is 2. The molecule has 1 saturated carbocycles. The van der Waals surface area contributed by atoms with Crippen LogP contribution < -0.4 is 5.32 Å². The van der Waals surface area contributed by atoms with Gasteiger partial charge >= 0.3 is 18.6 Å². The quantitative estimate of drug-likeness (QED) is 0.233. The van der Waals surface area contributed by atoms with Crippen molar-refractivity contribution in [2.45, 2.75) is 44.4 Å². The molecule has 4 aromatic heterocycles. The van der Waals surface area contributed by atoms with Gasteiger partial charge in [-0.15, -0.1) is 5.10 Å². The highest BCUT2D eigenvalue weighted by atomic mass is 19.3. The number of hydrogen-bond donors (Lipinski definition) is 2. The third-order valence-corrected chi connectivity index (χ3v) is 7.02. The molecule has 0 saturated heterocycles. The maximum absolute atomic E-state index is 13.7. The molecule has 1 aromatic carbocycles. The highest BCUT2D eigenvalue weighted by Crippen LogP contribution is 2.39. The Morgan fingerprint density at radius 2 is 1.93 bits per heavy atom. The Bertz CT molecular complexity index is 1850. The van der Waals surface area contributed by atoms with Crippen LogP contribution in [0.1, 0.15) is 40.6 Å². The van der Waals surface area contributed by atoms with Crippen LogP contribution in [0.15, 0.2) is 53.4 Å². The first-order valence-electron chi connectivity index (χ1n) is 12.7. The van der Waals surface area contributed by atoms with E-state index in [1.54, 1.807) is 25.1 Å². The number of anilines is 1. The fourth-order valence-corrected chi connectivity index (χ4v) is 4.57. The summed E-state index contributed by atoms with van der Waals surface area (Å²) in [6.45, 7) is -1.04. The van der Waals surface area contributed by atoms with Crippen LogP contribution >= 0.6 is 0 Å². The first kappa shape index (κ1) is 28.0. The van der Waals surface area contributed by atoms with E-state index in [2.05, 4.69) is 35.6 Å². The summed E-state index contributed by atoms with van der Waals surface area (Å²) in [6.07, 6.45) is 3.70. The van der Waals surface area contributed by atoms with Crippen LogP contribution in [-0.2, 0) is 15.6 Å². The van der Waals surface area contributed by atoms with Crippen LogP contribution in [0.4, 0.5) is 23.2 Å². The number of fused-ring (bicyclic) bond motifs is 1. The lowest BCUT2D eigenvalue weighted by atomic mass is 9.82. The van der Waals surface area contributed by atoms with Gasteiger partial charge in [-0.05, 0) is 43.5 Å². The monoisotopic (exact) mass is 600 g/mol. The maximum atomic E-state index is 13.7. The molecule has 4 heterocycles. The Hall–Kier alpha value is -5.19. The van der Waals surface area contributed by atoms with Crippen LogP contribution in [-0.4, -0.2) is 64.4 Å². The number of carboxylic acids is 1. The highest BCUT2D eigenvalue weighted by Gasteiger charge is 2.43. The summed E-state index contributed by atoms with van der Waals surface area (Å²) in [5.41, 5.74) is 2.65. The minimum atomic E-state index is -4.28. The van der Waals surface area contributed by atoms with Crippen molar-refractivity contribution in [1.82, 2.24) is 34.7 Å². The zero-order valence-electron chi connectivity index (χ0n) is 22.0. The normalized spacial score (nSPS) is 16.9. The van der Waals surface area contributed by atoms with Crippen LogP contribution in [0.25, 0.3) is 28.2 Å². The second-order valence-corrected chi connectivity index (χ2v) is 9.83. The Morgan fingerprint density at radius 3 is 2.67 bits per heavy atom. The van der Waals surface area contributed by atoms with Crippen molar-refractivity contribution in [3.8, 4) is 22.6 Å². The Morgan fingerprint density at radius 1 is 1.16 bits per heavy atom. The molecule has 0 aliphatic heterocycles. The summed E-state index contributed by atoms with van der Waals surface area (Å²) >= 11 is 0. The van der Waals surface area contributed by atoms with Gasteiger partial charge in [0.2, 0.25) is 11.7 Å². The largest absolute Gasteiger partial charge is 0.475 e. The zero-order valence-corrected chi connectivity index (χ0v) is 22.0. The molecule has 1 aliphatic rings. The average Bonchev–Trinajstić information content (AvgIpc) is 3.71. The number of ether oxygens (including phenoxy) is 1. The second kappa shape index (κ2) is 10.6. The fraction of sp³-hybridized carbons (Fsp3) is 0.269. The van der Waals surface area contributed by atoms with Gasteiger partial charge in [-0.1, -0.05) is 22.5 Å². The van der Waals surface area contributed by atoms with Gasteiger partial charge < -0.3 is 19.7 Å². The molecule has 1 fully saturated rings. The average molecular weight is 600 g/mol. The molecule has 222 valence electrons. The minimum absolute atomic E-state index is 0.0278. The van der Waals surface area contributed by atoms with Crippen LogP contribution in [0, 0.1) is 6.92 Å². The van der Waals surface area contributed by atoms with Crippen molar-refractivity contribution < 1.29 is 41.5 Å². The summed E-state index contributed by atoms with van der Waals surface area (Å²) < 4.78 is 63.3. The number of rotatable bonds is 9. The molecule has 0 unspecified atom stereocenters. The predicted octanol–water partition coefficient (Wildman–Crippen LogP) is 4.32. The molecule has 0 radical (unpaired) electrons. The summed E-state index contributed by atoms with van der Waals surface area (Å²) in [5, 5.41) is 26.5. The van der Waals surface area contributed by atoms with Crippen molar-refractivity contribution >= 4 is 23.1 Å². The summed E-state index contributed by atoms with van der Waals surface area (Å²) in [5.74, 6) is -2.45. The number of aliphatic carboxylic acids is 1. The van der Waals surface area contributed by atoms with E-state index in [-0.39, 0.29) is 27.7 Å². The van der Waals surface area contributed by atoms with E-state index in [9.17, 15) is 27.2 Å². The lowest BCUT2D eigenvalue weighted by Gasteiger charge is -2.31. The van der Waals surface area contributed by atoms with E-state index in [1.165, 1.54) is 29.0 Å². The van der Waals surface area contributed by atoms with Crippen LogP contribution in [0.2, 0.25) is 0 Å². The Kier molecular flexibility index (Phi) is 6.87. The maximum Gasteiger partial charge on any atom is 0.442 e. The van der Waals surface area contributed by atoms with Crippen molar-refractivity contribution in [2.75, 3.05) is 5.32 Å². The fourth-order valence-electron chi connectivity index (χ4n) is 4.57. The predicted molar refractivity (Wildman–Crippen MR) is 137 cm³/mol. The summed E-state index contributed by atoms with van der Waals surface area (Å²) in [7, 11) is 0. The van der Waals surface area contributed by atoms with Gasteiger partial charge in [-0.25, -0.2) is 9.31 Å². The number of alkyl halides is 4. The molecule has 13 nitrogen and oxygen atoms in total. The standard InChI is InChI=1S/C26H20F4N8O5/c1-12-2-3-13(21-33-23(43-35-21)15-6-16(7-15)42-25(27)28)8-18(12)32-22(39)17-9-31-37-10-14(4-5-20(17)37)19-11-38(36-34-19)26(29,30)24(40)41/h2-5,8-11,15-16,25H,6-7H2,1H3,(H,32,39)(H,40,41). The number of pyridine rings is 1. The number of amides is 1. The van der Waals surface area contributed by atoms with E-state index in [1.807, 2.05) is 0 Å². The molecule has 5 aromatic rings. The molecule has 1 aliphatic carbocycles. The SMILES string of the molecule is Cc1ccc(-c2noc(C3CC(OC(F)F)C3)n2)cc1NC(=O)c1cnn2cc(-c3cn(C(F)(F)C(=O)O)nn3)ccc12. The van der Waals surface area contributed by atoms with Gasteiger partial charge in [0.25, 0.3) is 5.91 Å². The van der Waals surface area contributed by atoms with E-state index in [0.29, 0.717) is 41.1 Å². The number of benzene rings is 1. The number of carbonyl (C=O) groups excluding carboxylic acids is 1. The van der Waals surface area contributed by atoms with Crippen molar-refractivity contribution in [2.24, 2.45) is 0 Å². The lowest BCUT2D eigenvalue weighted by molar-refractivity contribution is -0.185. The van der Waals surface area contributed by atoms with E-state index < -0.39 is 30.6 Å². The van der Waals surface area contributed by atoms with Gasteiger partial charge in [-0.3, -0.25) is 4.79 Å². The smallest absolute Gasteiger partial charge is 0.442 e. The number of aromatic nitrogens is 7. The van der Waals surface area contributed by atoms with E-state index in [0.717, 1.165) is 11.8 Å². The van der Waals surface area contributed by atoms with Gasteiger partial charge in [0.15, 0.2) is 0 Å². The van der Waals surface area contributed by atoms with Gasteiger partial charge in [0, 0.05) is 28.9 Å². The molecular formula is C26H20F4N8O5.